The Bertz CT molecular complexity index is 612. The minimum atomic E-state index is -5.45. The van der Waals surface area contributed by atoms with Crippen molar-refractivity contribution in [1.29, 1.82) is 0 Å². The Hall–Kier alpha value is -1.18. The van der Waals surface area contributed by atoms with E-state index in [0.29, 0.717) is 6.08 Å². The summed E-state index contributed by atoms with van der Waals surface area (Å²) in [6.07, 6.45) is 0.900. The predicted molar refractivity (Wildman–Crippen MR) is 61.5 cm³/mol. The van der Waals surface area contributed by atoms with Crippen molar-refractivity contribution in [1.82, 2.24) is 0 Å². The van der Waals surface area contributed by atoms with Gasteiger partial charge in [-0.3, -0.25) is 9.11 Å². The van der Waals surface area contributed by atoms with Crippen LogP contribution in [0.4, 0.5) is 0 Å². The van der Waals surface area contributed by atoms with E-state index in [1.54, 1.807) is 0 Å². The molecule has 0 heterocycles. The molecule has 0 aromatic carbocycles. The fraction of sp³-hybridized carbons (Fsp3) is 0.333. The zero-order valence-corrected chi connectivity index (χ0v) is 10.4. The van der Waals surface area contributed by atoms with Gasteiger partial charge < -0.3 is 22.9 Å². The first-order chi connectivity index (χ1) is 7.76. The number of hydrogen-bond donors (Lipinski definition) is 6. The van der Waals surface area contributed by atoms with Gasteiger partial charge in [0.25, 0.3) is 24.3 Å². The van der Waals surface area contributed by atoms with Gasteiger partial charge in [-0.25, -0.2) is 0 Å². The molecule has 12 heteroatoms. The van der Waals surface area contributed by atoms with E-state index in [0.717, 1.165) is 0 Å². The number of rotatable bonds is 2. The second-order valence-electron chi connectivity index (χ2n) is 3.75. The lowest BCUT2D eigenvalue weighted by Gasteiger charge is -2.39. The molecule has 1 aliphatic carbocycles. The molecule has 0 spiro atoms. The molecule has 0 unspecified atom stereocenters. The highest BCUT2D eigenvalue weighted by Crippen LogP contribution is 2.37. The lowest BCUT2D eigenvalue weighted by atomic mass is 9.98. The maximum Gasteiger partial charge on any atom is 0.295 e. The molecule has 0 amide bonds. The van der Waals surface area contributed by atoms with Crippen LogP contribution in [-0.2, 0) is 20.2 Å². The zero-order valence-electron chi connectivity index (χ0n) is 8.81. The third kappa shape index (κ3) is 1.79. The van der Waals surface area contributed by atoms with E-state index < -0.39 is 35.7 Å². The Balaban J connectivity index is 3.90. The molecule has 1 aliphatic rings. The third-order valence-corrected chi connectivity index (χ3v) is 6.18. The van der Waals surface area contributed by atoms with Crippen LogP contribution in [0.15, 0.2) is 23.5 Å². The Labute approximate surface area is 103 Å². The van der Waals surface area contributed by atoms with Gasteiger partial charge in [0.05, 0.1) is 11.4 Å². The second kappa shape index (κ2) is 3.66. The average Bonchev–Trinajstić information content (AvgIpc) is 2.05. The molecule has 0 aliphatic heterocycles. The maximum absolute atomic E-state index is 11.3. The fourth-order valence-corrected chi connectivity index (χ4v) is 4.21. The summed E-state index contributed by atoms with van der Waals surface area (Å²) in [5.41, 5.74) is 17.7. The molecule has 0 fully saturated rings. The summed E-state index contributed by atoms with van der Waals surface area (Å²) in [7, 11) is -10.9. The molecule has 0 atom stereocenters. The molecule has 104 valence electrons. The second-order valence-corrected chi connectivity index (χ2v) is 7.20. The molecular formula is C6H12N4O6S2. The topological polar surface area (TPSA) is 213 Å². The Morgan fingerprint density at radius 3 is 1.56 bits per heavy atom. The van der Waals surface area contributed by atoms with E-state index in [4.69, 9.17) is 32.0 Å². The van der Waals surface area contributed by atoms with Crippen LogP contribution < -0.4 is 22.9 Å². The summed E-state index contributed by atoms with van der Waals surface area (Å²) in [5, 5.41) is 0. The highest BCUT2D eigenvalue weighted by Gasteiger charge is 2.65. The summed E-state index contributed by atoms with van der Waals surface area (Å²) in [6.45, 7) is 0. The SMILES string of the molecule is NC1=CC(N)(N)C(S(=O)(=O)O)(S(=O)(=O)O)C=C1N. The normalized spacial score (nSPS) is 23.1. The van der Waals surface area contributed by atoms with Gasteiger partial charge in [0, 0.05) is 0 Å². The van der Waals surface area contributed by atoms with Gasteiger partial charge in [-0.15, -0.1) is 0 Å². The maximum atomic E-state index is 11.3. The van der Waals surface area contributed by atoms with Gasteiger partial charge in [-0.1, -0.05) is 0 Å². The van der Waals surface area contributed by atoms with E-state index in [9.17, 15) is 16.8 Å². The van der Waals surface area contributed by atoms with Crippen LogP contribution in [0.1, 0.15) is 0 Å². The van der Waals surface area contributed by atoms with Crippen LogP contribution in [-0.4, -0.2) is 35.7 Å². The molecule has 1 rings (SSSR count). The van der Waals surface area contributed by atoms with Crippen LogP contribution in [0.2, 0.25) is 0 Å². The van der Waals surface area contributed by atoms with Crippen molar-refractivity contribution < 1.29 is 25.9 Å². The highest BCUT2D eigenvalue weighted by molar-refractivity contribution is 8.05. The van der Waals surface area contributed by atoms with Gasteiger partial charge >= 0.3 is 0 Å². The van der Waals surface area contributed by atoms with Crippen LogP contribution >= 0.6 is 0 Å². The summed E-state index contributed by atoms with van der Waals surface area (Å²) in [4.78, 5) is 0. The monoisotopic (exact) mass is 300 g/mol. The first-order valence-corrected chi connectivity index (χ1v) is 7.13. The van der Waals surface area contributed by atoms with Crippen LogP contribution in [0, 0.1) is 0 Å². The first-order valence-electron chi connectivity index (χ1n) is 4.25. The van der Waals surface area contributed by atoms with E-state index in [1.165, 1.54) is 0 Å². The van der Waals surface area contributed by atoms with Crippen molar-refractivity contribution in [2.45, 2.75) is 9.74 Å². The average molecular weight is 300 g/mol. The molecule has 0 radical (unpaired) electrons. The third-order valence-electron chi connectivity index (χ3n) is 2.44. The zero-order chi connectivity index (χ0) is 14.6. The summed E-state index contributed by atoms with van der Waals surface area (Å²) in [5.74, 6) is 0. The quantitative estimate of drug-likeness (QED) is 0.221. The summed E-state index contributed by atoms with van der Waals surface area (Å²) in [6, 6.07) is 0. The lowest BCUT2D eigenvalue weighted by molar-refractivity contribution is 0.387. The molecule has 0 aromatic rings. The predicted octanol–water partition coefficient (Wildman–Crippen LogP) is -3.23. The fourth-order valence-electron chi connectivity index (χ4n) is 1.58. The molecule has 0 aromatic heterocycles. The molecule has 0 saturated carbocycles. The van der Waals surface area contributed by atoms with E-state index in [-0.39, 0.29) is 11.8 Å². The van der Waals surface area contributed by atoms with Gasteiger partial charge in [-0.2, -0.15) is 16.8 Å². The largest absolute Gasteiger partial charge is 0.397 e. The standard InChI is InChI=1S/C6H12N4O6S2/c7-3-1-5(9,10)6(2-4(3)8,17(11,12)13)18(14,15)16/h1-2H,7-10H2,(H,11,12,13)(H,14,15,16). The number of nitrogens with two attached hydrogens (primary N) is 4. The summed E-state index contributed by atoms with van der Waals surface area (Å²) < 4.78 is 59.9. The van der Waals surface area contributed by atoms with E-state index in [1.807, 2.05) is 0 Å². The van der Waals surface area contributed by atoms with Crippen LogP contribution in [0.3, 0.4) is 0 Å². The van der Waals surface area contributed by atoms with Gasteiger partial charge in [0.15, 0.2) is 0 Å². The smallest absolute Gasteiger partial charge is 0.295 e. The molecule has 0 saturated heterocycles. The highest BCUT2D eigenvalue weighted by atomic mass is 32.3. The Morgan fingerprint density at radius 2 is 1.22 bits per heavy atom. The van der Waals surface area contributed by atoms with Crippen molar-refractivity contribution >= 4 is 20.2 Å². The molecular weight excluding hydrogens is 288 g/mol. The van der Waals surface area contributed by atoms with Crippen molar-refractivity contribution in [3.8, 4) is 0 Å². The Morgan fingerprint density at radius 1 is 0.889 bits per heavy atom. The van der Waals surface area contributed by atoms with Gasteiger partial charge in [0.1, 0.15) is 5.66 Å². The van der Waals surface area contributed by atoms with Crippen molar-refractivity contribution in [2.24, 2.45) is 22.9 Å². The van der Waals surface area contributed by atoms with E-state index >= 15 is 0 Å². The van der Waals surface area contributed by atoms with Crippen molar-refractivity contribution in [3.63, 3.8) is 0 Å². The van der Waals surface area contributed by atoms with Crippen molar-refractivity contribution in [2.75, 3.05) is 0 Å². The van der Waals surface area contributed by atoms with E-state index in [2.05, 4.69) is 0 Å². The van der Waals surface area contributed by atoms with Gasteiger partial charge in [0.2, 0.25) is 0 Å². The van der Waals surface area contributed by atoms with Crippen LogP contribution in [0.5, 0.6) is 0 Å². The molecule has 10 nitrogen and oxygen atoms in total. The molecule has 0 bridgehead atoms. The minimum Gasteiger partial charge on any atom is -0.397 e. The lowest BCUT2D eigenvalue weighted by Crippen LogP contribution is -2.72. The minimum absolute atomic E-state index is 0.285. The Kier molecular flexibility index (Phi) is 3.02. The molecule has 10 N–H and O–H groups in total. The van der Waals surface area contributed by atoms with Gasteiger partial charge in [-0.05, 0) is 12.2 Å². The number of hydrogen-bond acceptors (Lipinski definition) is 8. The van der Waals surface area contributed by atoms with Crippen LogP contribution in [0.25, 0.3) is 0 Å². The van der Waals surface area contributed by atoms with Crippen molar-refractivity contribution in [3.05, 3.63) is 23.5 Å². The summed E-state index contributed by atoms with van der Waals surface area (Å²) >= 11 is 0. The molecule has 18 heavy (non-hydrogen) atoms. The first kappa shape index (κ1) is 14.9.